The molecule has 82 valence electrons. The van der Waals surface area contributed by atoms with Crippen molar-refractivity contribution < 1.29 is 19.4 Å². The molecule has 1 heterocycles. The molecule has 0 bridgehead atoms. The van der Waals surface area contributed by atoms with Crippen molar-refractivity contribution >= 4 is 28.3 Å². The third-order valence-electron chi connectivity index (χ3n) is 1.67. The first-order valence-electron chi connectivity index (χ1n) is 4.07. The number of methoxy groups -OCH3 is 1. The Morgan fingerprint density at radius 2 is 2.33 bits per heavy atom. The Labute approximate surface area is 89.9 Å². The molecule has 0 fully saturated rings. The zero-order valence-corrected chi connectivity index (χ0v) is 9.00. The number of aromatic nitrogens is 1. The number of carbonyl (C=O) groups is 2. The largest absolute Gasteiger partial charge is 0.476 e. The first-order chi connectivity index (χ1) is 7.06. The van der Waals surface area contributed by atoms with Crippen molar-refractivity contribution in [3.05, 3.63) is 11.2 Å². The lowest BCUT2D eigenvalue weighted by Crippen LogP contribution is -2.27. The second-order valence-electron chi connectivity index (χ2n) is 2.72. The van der Waals surface area contributed by atoms with E-state index in [1.807, 2.05) is 0 Å². The van der Waals surface area contributed by atoms with Crippen molar-refractivity contribution in [3.63, 3.8) is 0 Å². The van der Waals surface area contributed by atoms with Crippen LogP contribution in [0.5, 0.6) is 0 Å². The van der Waals surface area contributed by atoms with Crippen LogP contribution in [0.1, 0.15) is 17.4 Å². The Morgan fingerprint density at radius 1 is 1.67 bits per heavy atom. The number of nitrogens with zero attached hydrogens (tertiary/aromatic N) is 1. The average Bonchev–Trinajstić information content (AvgIpc) is 2.64. The highest BCUT2D eigenvalue weighted by atomic mass is 32.1. The van der Waals surface area contributed by atoms with Crippen LogP contribution >= 0.6 is 11.3 Å². The van der Waals surface area contributed by atoms with E-state index in [1.54, 1.807) is 6.92 Å². The third-order valence-corrected chi connectivity index (χ3v) is 2.43. The number of hydrogen-bond donors (Lipinski definition) is 2. The molecule has 7 heteroatoms. The van der Waals surface area contributed by atoms with Crippen molar-refractivity contribution in [1.29, 1.82) is 0 Å². The van der Waals surface area contributed by atoms with Gasteiger partial charge in [0.2, 0.25) is 0 Å². The third kappa shape index (κ3) is 2.66. The number of nitrogens with one attached hydrogen (secondary N) is 1. The van der Waals surface area contributed by atoms with Crippen molar-refractivity contribution in [2.75, 3.05) is 12.4 Å². The van der Waals surface area contributed by atoms with E-state index < -0.39 is 18.0 Å². The quantitative estimate of drug-likeness (QED) is 0.744. The van der Waals surface area contributed by atoms with Crippen molar-refractivity contribution in [1.82, 2.24) is 4.98 Å². The van der Waals surface area contributed by atoms with Crippen molar-refractivity contribution in [2.24, 2.45) is 0 Å². The minimum absolute atomic E-state index is 0.0873. The molecule has 0 aliphatic heterocycles. The van der Waals surface area contributed by atoms with Crippen LogP contribution in [0.2, 0.25) is 0 Å². The highest BCUT2D eigenvalue weighted by molar-refractivity contribution is 7.14. The summed E-state index contributed by atoms with van der Waals surface area (Å²) in [5, 5.41) is 11.8. The summed E-state index contributed by atoms with van der Waals surface area (Å²) in [6.07, 6.45) is 0. The number of anilines is 1. The normalized spacial score (nSPS) is 11.9. The molecule has 1 aromatic rings. The SMILES string of the molecule is COC(=O)C(C)Nc1scnc1C(=O)O. The molecule has 0 amide bonds. The van der Waals surface area contributed by atoms with E-state index in [4.69, 9.17) is 5.11 Å². The van der Waals surface area contributed by atoms with Gasteiger partial charge in [0.25, 0.3) is 0 Å². The minimum Gasteiger partial charge on any atom is -0.476 e. The second-order valence-corrected chi connectivity index (χ2v) is 3.58. The Bertz CT molecular complexity index is 376. The molecule has 1 rings (SSSR count). The predicted molar refractivity (Wildman–Crippen MR) is 54.2 cm³/mol. The number of carboxylic acids is 1. The van der Waals surface area contributed by atoms with Crippen LogP contribution in [0, 0.1) is 0 Å². The molecule has 6 nitrogen and oxygen atoms in total. The summed E-state index contributed by atoms with van der Waals surface area (Å²) in [5.41, 5.74) is 1.31. The summed E-state index contributed by atoms with van der Waals surface area (Å²) in [7, 11) is 1.27. The van der Waals surface area contributed by atoms with Crippen LogP contribution < -0.4 is 5.32 Å². The van der Waals surface area contributed by atoms with Crippen LogP contribution in [0.25, 0.3) is 0 Å². The van der Waals surface area contributed by atoms with Crippen molar-refractivity contribution in [3.8, 4) is 0 Å². The number of ether oxygens (including phenoxy) is 1. The van der Waals surface area contributed by atoms with Gasteiger partial charge in [-0.15, -0.1) is 11.3 Å². The van der Waals surface area contributed by atoms with Gasteiger partial charge in [-0.05, 0) is 6.92 Å². The molecule has 0 radical (unpaired) electrons. The smallest absolute Gasteiger partial charge is 0.357 e. The van der Waals surface area contributed by atoms with Gasteiger partial charge in [0, 0.05) is 0 Å². The minimum atomic E-state index is -1.13. The van der Waals surface area contributed by atoms with E-state index >= 15 is 0 Å². The lowest BCUT2D eigenvalue weighted by Gasteiger charge is -2.10. The number of rotatable bonds is 4. The van der Waals surface area contributed by atoms with E-state index in [0.29, 0.717) is 5.00 Å². The van der Waals surface area contributed by atoms with Gasteiger partial charge in [-0.25, -0.2) is 14.6 Å². The molecule has 15 heavy (non-hydrogen) atoms. The summed E-state index contributed by atoms with van der Waals surface area (Å²) < 4.78 is 4.50. The van der Waals surface area contributed by atoms with E-state index in [2.05, 4.69) is 15.0 Å². The summed E-state index contributed by atoms with van der Waals surface area (Å²) in [6.45, 7) is 1.58. The van der Waals surface area contributed by atoms with Gasteiger partial charge < -0.3 is 15.2 Å². The average molecular weight is 230 g/mol. The number of carboxylic acid groups (broad SMARTS) is 1. The molecule has 1 aromatic heterocycles. The number of carbonyl (C=O) groups excluding carboxylic acids is 1. The Hall–Kier alpha value is -1.63. The highest BCUT2D eigenvalue weighted by Crippen LogP contribution is 2.20. The zero-order chi connectivity index (χ0) is 11.4. The molecule has 0 spiro atoms. The van der Waals surface area contributed by atoms with E-state index in [0.717, 1.165) is 11.3 Å². The highest BCUT2D eigenvalue weighted by Gasteiger charge is 2.19. The topological polar surface area (TPSA) is 88.5 Å². The van der Waals surface area contributed by atoms with Crippen molar-refractivity contribution in [2.45, 2.75) is 13.0 Å². The maximum Gasteiger partial charge on any atom is 0.357 e. The van der Waals surface area contributed by atoms with E-state index in [9.17, 15) is 9.59 Å². The molecule has 0 saturated heterocycles. The summed E-state index contributed by atoms with van der Waals surface area (Å²) in [6, 6.07) is -0.603. The fraction of sp³-hybridized carbons (Fsp3) is 0.375. The van der Waals surface area contributed by atoms with E-state index in [1.165, 1.54) is 12.6 Å². The van der Waals surface area contributed by atoms with Gasteiger partial charge >= 0.3 is 11.9 Å². The Morgan fingerprint density at radius 3 is 2.87 bits per heavy atom. The zero-order valence-electron chi connectivity index (χ0n) is 8.18. The van der Waals surface area contributed by atoms with Gasteiger partial charge in [-0.2, -0.15) is 0 Å². The van der Waals surface area contributed by atoms with Gasteiger partial charge in [0.15, 0.2) is 5.69 Å². The van der Waals surface area contributed by atoms with Gasteiger partial charge in [-0.1, -0.05) is 0 Å². The van der Waals surface area contributed by atoms with Crippen LogP contribution in [-0.2, 0) is 9.53 Å². The lowest BCUT2D eigenvalue weighted by molar-refractivity contribution is -0.141. The van der Waals surface area contributed by atoms with Crippen LogP contribution in [0.15, 0.2) is 5.51 Å². The van der Waals surface area contributed by atoms with Crippen LogP contribution in [-0.4, -0.2) is 35.2 Å². The Balaban J connectivity index is 2.76. The number of thiazole rings is 1. The fourth-order valence-electron chi connectivity index (χ4n) is 0.933. The van der Waals surface area contributed by atoms with Gasteiger partial charge in [-0.3, -0.25) is 0 Å². The summed E-state index contributed by atoms with van der Waals surface area (Å²) in [5.74, 6) is -1.59. The number of hydrogen-bond acceptors (Lipinski definition) is 6. The molecule has 1 atom stereocenters. The first kappa shape index (κ1) is 11.4. The molecule has 0 aromatic carbocycles. The summed E-state index contributed by atoms with van der Waals surface area (Å²) in [4.78, 5) is 25.4. The maximum atomic E-state index is 11.1. The first-order valence-corrected chi connectivity index (χ1v) is 4.95. The van der Waals surface area contributed by atoms with Gasteiger partial charge in [0.05, 0.1) is 12.6 Å². The number of aromatic carboxylic acids is 1. The fourth-order valence-corrected chi connectivity index (χ4v) is 1.69. The predicted octanol–water partition coefficient (Wildman–Crippen LogP) is 0.815. The maximum absolute atomic E-state index is 11.1. The molecule has 0 saturated carbocycles. The lowest BCUT2D eigenvalue weighted by atomic mass is 10.3. The second kappa shape index (κ2) is 4.74. The molecule has 1 unspecified atom stereocenters. The van der Waals surface area contributed by atoms with E-state index in [-0.39, 0.29) is 5.69 Å². The molecular weight excluding hydrogens is 220 g/mol. The molecule has 2 N–H and O–H groups in total. The number of esters is 1. The van der Waals surface area contributed by atoms with Crippen LogP contribution in [0.4, 0.5) is 5.00 Å². The Kier molecular flexibility index (Phi) is 3.62. The summed E-state index contributed by atoms with van der Waals surface area (Å²) >= 11 is 1.12. The molecular formula is C8H10N2O4S. The standard InChI is InChI=1S/C8H10N2O4S/c1-4(8(13)14-2)10-6-5(7(11)12)9-3-15-6/h3-4,10H,1-2H3,(H,11,12). The molecule has 0 aliphatic carbocycles. The van der Waals surface area contributed by atoms with Gasteiger partial charge in [0.1, 0.15) is 11.0 Å². The molecule has 0 aliphatic rings. The van der Waals surface area contributed by atoms with Crippen LogP contribution in [0.3, 0.4) is 0 Å². The monoisotopic (exact) mass is 230 g/mol.